The van der Waals surface area contributed by atoms with Crippen LogP contribution in [-0.4, -0.2) is 23.5 Å². The molecule has 1 aromatic carbocycles. The first-order valence-electron chi connectivity index (χ1n) is 6.00. The van der Waals surface area contributed by atoms with Crippen molar-refractivity contribution >= 4 is 22.8 Å². The van der Waals surface area contributed by atoms with Gasteiger partial charge in [0, 0.05) is 17.5 Å². The van der Waals surface area contributed by atoms with Crippen LogP contribution in [0.15, 0.2) is 28.7 Å². The Balaban J connectivity index is 2.18. The monoisotopic (exact) mass is 261 g/mol. The number of carbonyl (C=O) groups is 2. The molecule has 5 heteroatoms. The third kappa shape index (κ3) is 2.59. The third-order valence-corrected chi connectivity index (χ3v) is 3.04. The van der Waals surface area contributed by atoms with Crippen molar-refractivity contribution in [3.05, 3.63) is 35.6 Å². The summed E-state index contributed by atoms with van der Waals surface area (Å²) in [5.41, 5.74) is 1.41. The average Bonchev–Trinajstić information content (AvgIpc) is 2.73. The standard InChI is InChI=1S/C14H15NO4/c1-8(14(17)18)7-15-13(16)12-9(2)10-5-3-4-6-11(10)19-12/h3-6,8H,7H2,1-2H3,(H,15,16)(H,17,18). The van der Waals surface area contributed by atoms with Gasteiger partial charge in [-0.3, -0.25) is 9.59 Å². The highest BCUT2D eigenvalue weighted by Gasteiger charge is 2.19. The molecule has 0 aliphatic heterocycles. The van der Waals surface area contributed by atoms with Crippen LogP contribution >= 0.6 is 0 Å². The Labute approximate surface area is 110 Å². The Hall–Kier alpha value is -2.30. The van der Waals surface area contributed by atoms with E-state index in [4.69, 9.17) is 9.52 Å². The first-order valence-corrected chi connectivity index (χ1v) is 6.00. The Bertz CT molecular complexity index is 629. The predicted molar refractivity (Wildman–Crippen MR) is 70.1 cm³/mol. The quantitative estimate of drug-likeness (QED) is 0.884. The molecule has 2 rings (SSSR count). The molecule has 0 fully saturated rings. The molecule has 5 nitrogen and oxygen atoms in total. The second kappa shape index (κ2) is 5.14. The number of carboxylic acids is 1. The van der Waals surface area contributed by atoms with E-state index in [1.165, 1.54) is 6.92 Å². The lowest BCUT2D eigenvalue weighted by Gasteiger charge is -2.07. The van der Waals surface area contributed by atoms with Crippen molar-refractivity contribution < 1.29 is 19.1 Å². The topological polar surface area (TPSA) is 79.5 Å². The minimum Gasteiger partial charge on any atom is -0.481 e. The van der Waals surface area contributed by atoms with Crippen LogP contribution in [-0.2, 0) is 4.79 Å². The lowest BCUT2D eigenvalue weighted by atomic mass is 10.1. The van der Waals surface area contributed by atoms with E-state index in [0.29, 0.717) is 5.58 Å². The molecule has 0 spiro atoms. The van der Waals surface area contributed by atoms with E-state index >= 15 is 0 Å². The fourth-order valence-corrected chi connectivity index (χ4v) is 1.80. The number of benzene rings is 1. The van der Waals surface area contributed by atoms with E-state index in [2.05, 4.69) is 5.32 Å². The summed E-state index contributed by atoms with van der Waals surface area (Å²) in [5.74, 6) is -1.73. The molecule has 19 heavy (non-hydrogen) atoms. The fourth-order valence-electron chi connectivity index (χ4n) is 1.80. The predicted octanol–water partition coefficient (Wildman–Crippen LogP) is 2.19. The van der Waals surface area contributed by atoms with Crippen molar-refractivity contribution in [2.24, 2.45) is 5.92 Å². The van der Waals surface area contributed by atoms with E-state index in [0.717, 1.165) is 10.9 Å². The van der Waals surface area contributed by atoms with Crippen LogP contribution in [0.25, 0.3) is 11.0 Å². The largest absolute Gasteiger partial charge is 0.481 e. The smallest absolute Gasteiger partial charge is 0.308 e. The number of aryl methyl sites for hydroxylation is 1. The molecule has 1 aromatic heterocycles. The van der Waals surface area contributed by atoms with Gasteiger partial charge in [-0.15, -0.1) is 0 Å². The van der Waals surface area contributed by atoms with Gasteiger partial charge in [-0.1, -0.05) is 25.1 Å². The first kappa shape index (κ1) is 13.1. The molecule has 0 bridgehead atoms. The minimum absolute atomic E-state index is 0.0741. The zero-order valence-electron chi connectivity index (χ0n) is 10.8. The fraction of sp³-hybridized carbons (Fsp3) is 0.286. The van der Waals surface area contributed by atoms with Crippen LogP contribution in [0.1, 0.15) is 23.0 Å². The van der Waals surface area contributed by atoms with Crippen molar-refractivity contribution in [3.63, 3.8) is 0 Å². The lowest BCUT2D eigenvalue weighted by Crippen LogP contribution is -2.31. The SMILES string of the molecule is Cc1c(C(=O)NCC(C)C(=O)O)oc2ccccc12. The number of aliphatic carboxylic acids is 1. The van der Waals surface area contributed by atoms with E-state index in [1.54, 1.807) is 13.0 Å². The summed E-state index contributed by atoms with van der Waals surface area (Å²) in [7, 11) is 0. The molecule has 0 saturated heterocycles. The second-order valence-corrected chi connectivity index (χ2v) is 4.50. The first-order chi connectivity index (χ1) is 9.00. The van der Waals surface area contributed by atoms with Gasteiger partial charge in [0.1, 0.15) is 5.58 Å². The summed E-state index contributed by atoms with van der Waals surface area (Å²) in [6.07, 6.45) is 0. The maximum Gasteiger partial charge on any atom is 0.308 e. The van der Waals surface area contributed by atoms with Crippen LogP contribution in [0.4, 0.5) is 0 Å². The van der Waals surface area contributed by atoms with Gasteiger partial charge in [-0.2, -0.15) is 0 Å². The molecule has 1 atom stereocenters. The molecule has 0 saturated carbocycles. The molecule has 1 heterocycles. The number of amides is 1. The van der Waals surface area contributed by atoms with E-state index < -0.39 is 11.9 Å². The van der Waals surface area contributed by atoms with Crippen molar-refractivity contribution in [1.82, 2.24) is 5.32 Å². The third-order valence-electron chi connectivity index (χ3n) is 3.04. The molecule has 100 valence electrons. The highest BCUT2D eigenvalue weighted by atomic mass is 16.4. The van der Waals surface area contributed by atoms with Crippen LogP contribution in [0.5, 0.6) is 0 Å². The molecule has 1 amide bonds. The summed E-state index contributed by atoms with van der Waals surface area (Å²) in [6, 6.07) is 7.38. The minimum atomic E-state index is -0.943. The summed E-state index contributed by atoms with van der Waals surface area (Å²) in [4.78, 5) is 22.6. The van der Waals surface area contributed by atoms with Crippen molar-refractivity contribution in [1.29, 1.82) is 0 Å². The van der Waals surface area contributed by atoms with Gasteiger partial charge >= 0.3 is 5.97 Å². The summed E-state index contributed by atoms with van der Waals surface area (Å²) >= 11 is 0. The number of hydrogen-bond acceptors (Lipinski definition) is 3. The molecule has 2 N–H and O–H groups in total. The van der Waals surface area contributed by atoms with Gasteiger partial charge < -0.3 is 14.8 Å². The van der Waals surface area contributed by atoms with Gasteiger partial charge in [-0.05, 0) is 13.0 Å². The second-order valence-electron chi connectivity index (χ2n) is 4.50. The van der Waals surface area contributed by atoms with Crippen LogP contribution in [0.2, 0.25) is 0 Å². The van der Waals surface area contributed by atoms with E-state index in [1.807, 2.05) is 18.2 Å². The highest BCUT2D eigenvalue weighted by molar-refractivity contribution is 5.99. The summed E-state index contributed by atoms with van der Waals surface area (Å²) < 4.78 is 5.49. The molecule has 1 unspecified atom stereocenters. The number of para-hydroxylation sites is 1. The number of fused-ring (bicyclic) bond motifs is 1. The molecule has 0 aliphatic carbocycles. The Morgan fingerprint density at radius 1 is 1.37 bits per heavy atom. The van der Waals surface area contributed by atoms with Crippen LogP contribution < -0.4 is 5.32 Å². The number of rotatable bonds is 4. The molecular formula is C14H15NO4. The molecule has 0 aliphatic rings. The average molecular weight is 261 g/mol. The maximum atomic E-state index is 12.0. The van der Waals surface area contributed by atoms with Crippen molar-refractivity contribution in [3.8, 4) is 0 Å². The Morgan fingerprint density at radius 3 is 2.68 bits per heavy atom. The number of furan rings is 1. The van der Waals surface area contributed by atoms with Gasteiger partial charge in [0.25, 0.3) is 5.91 Å². The normalized spacial score (nSPS) is 12.3. The number of hydrogen-bond donors (Lipinski definition) is 2. The zero-order chi connectivity index (χ0) is 14.0. The molecular weight excluding hydrogens is 246 g/mol. The van der Waals surface area contributed by atoms with Gasteiger partial charge in [0.05, 0.1) is 5.92 Å². The lowest BCUT2D eigenvalue weighted by molar-refractivity contribution is -0.140. The van der Waals surface area contributed by atoms with Crippen molar-refractivity contribution in [2.75, 3.05) is 6.54 Å². The Morgan fingerprint density at radius 2 is 2.05 bits per heavy atom. The highest BCUT2D eigenvalue weighted by Crippen LogP contribution is 2.24. The summed E-state index contributed by atoms with van der Waals surface area (Å²) in [5, 5.41) is 12.2. The van der Waals surface area contributed by atoms with E-state index in [9.17, 15) is 9.59 Å². The molecule has 2 aromatic rings. The summed E-state index contributed by atoms with van der Waals surface area (Å²) in [6.45, 7) is 3.42. The van der Waals surface area contributed by atoms with Crippen LogP contribution in [0.3, 0.4) is 0 Å². The van der Waals surface area contributed by atoms with Crippen molar-refractivity contribution in [2.45, 2.75) is 13.8 Å². The number of carboxylic acid groups (broad SMARTS) is 1. The number of carbonyl (C=O) groups excluding carboxylic acids is 1. The van der Waals surface area contributed by atoms with E-state index in [-0.39, 0.29) is 18.2 Å². The van der Waals surface area contributed by atoms with Crippen LogP contribution in [0, 0.1) is 12.8 Å². The Kier molecular flexibility index (Phi) is 3.55. The maximum absolute atomic E-state index is 12.0. The van der Waals surface area contributed by atoms with Gasteiger partial charge in [0.2, 0.25) is 0 Å². The van der Waals surface area contributed by atoms with Gasteiger partial charge in [-0.25, -0.2) is 0 Å². The zero-order valence-corrected chi connectivity index (χ0v) is 10.8. The number of nitrogens with one attached hydrogen (secondary N) is 1. The van der Waals surface area contributed by atoms with Gasteiger partial charge in [0.15, 0.2) is 5.76 Å². The molecule has 0 radical (unpaired) electrons.